The largest absolute Gasteiger partial charge is 0.394 e. The fraction of sp³-hybridized carbons (Fsp3) is 1.00. The Balaban J connectivity index is 2.07. The molecule has 0 bridgehead atoms. The molecule has 2 aliphatic rings. The van der Waals surface area contributed by atoms with E-state index in [1.54, 1.807) is 0 Å². The third-order valence-electron chi connectivity index (χ3n) is 3.97. The van der Waals surface area contributed by atoms with E-state index in [0.29, 0.717) is 0 Å². The van der Waals surface area contributed by atoms with Crippen molar-refractivity contribution in [3.05, 3.63) is 0 Å². The Morgan fingerprint density at radius 1 is 0.565 bits per heavy atom. The molecule has 2 heterocycles. The Kier molecular flexibility index (Phi) is 6.27. The predicted octanol–water partition coefficient (Wildman–Crippen LogP) is -5.40. The molecule has 11 nitrogen and oxygen atoms in total. The lowest BCUT2D eigenvalue weighted by molar-refractivity contribution is -0.376. The van der Waals surface area contributed by atoms with Crippen molar-refractivity contribution in [3.63, 3.8) is 0 Å². The van der Waals surface area contributed by atoms with E-state index < -0.39 is 74.6 Å². The fourth-order valence-corrected chi connectivity index (χ4v) is 2.49. The highest BCUT2D eigenvalue weighted by Crippen LogP contribution is 2.27. The summed E-state index contributed by atoms with van der Waals surface area (Å²) < 4.78 is 15.3. The van der Waals surface area contributed by atoms with Gasteiger partial charge < -0.3 is 55.1 Å². The number of ether oxygens (including phenoxy) is 3. The van der Waals surface area contributed by atoms with Crippen molar-refractivity contribution in [2.45, 2.75) is 61.4 Å². The lowest BCUT2D eigenvalue weighted by Gasteiger charge is -2.44. The quantitative estimate of drug-likeness (QED) is 0.243. The summed E-state index contributed by atoms with van der Waals surface area (Å²) >= 11 is 0. The molecule has 0 unspecified atom stereocenters. The minimum Gasteiger partial charge on any atom is -0.394 e. The average molecular weight is 342 g/mol. The van der Waals surface area contributed by atoms with E-state index in [4.69, 9.17) is 24.4 Å². The fourth-order valence-electron chi connectivity index (χ4n) is 2.49. The Bertz CT molecular complexity index is 344. The second-order valence-corrected chi connectivity index (χ2v) is 5.53. The summed E-state index contributed by atoms with van der Waals surface area (Å²) in [6, 6.07) is 0. The number of hydrogen-bond acceptors (Lipinski definition) is 11. The standard InChI is InChI=1S/C12H22O11/c13-1-3-5(15)7(17)9(19)11(21-3)23-12-10(20)8(18)6(16)4(2-14)22-12/h3-20H,1-2H2/t3-,4+,5-,6+,7-,8+,9-,10-,11+,12-/m1/s1. The third kappa shape index (κ3) is 3.65. The average Bonchev–Trinajstić information content (AvgIpc) is 2.55. The molecule has 2 aliphatic heterocycles. The van der Waals surface area contributed by atoms with E-state index in [1.807, 2.05) is 0 Å². The molecule has 2 fully saturated rings. The van der Waals surface area contributed by atoms with Gasteiger partial charge in [0, 0.05) is 0 Å². The van der Waals surface area contributed by atoms with Gasteiger partial charge in [-0.2, -0.15) is 0 Å². The first-order valence-electron chi connectivity index (χ1n) is 7.08. The molecule has 136 valence electrons. The highest BCUT2D eigenvalue weighted by Gasteiger charge is 2.49. The minimum atomic E-state index is -1.72. The molecule has 8 N–H and O–H groups in total. The molecule has 0 spiro atoms. The van der Waals surface area contributed by atoms with E-state index in [9.17, 15) is 30.6 Å². The number of aliphatic hydroxyl groups excluding tert-OH is 8. The second-order valence-electron chi connectivity index (χ2n) is 5.53. The van der Waals surface area contributed by atoms with Crippen LogP contribution in [0.3, 0.4) is 0 Å². The first-order chi connectivity index (χ1) is 10.8. The molecule has 10 atom stereocenters. The summed E-state index contributed by atoms with van der Waals surface area (Å²) in [5.74, 6) is 0. The topological polar surface area (TPSA) is 190 Å². The van der Waals surface area contributed by atoms with Crippen LogP contribution >= 0.6 is 0 Å². The van der Waals surface area contributed by atoms with Crippen LogP contribution in [0.4, 0.5) is 0 Å². The van der Waals surface area contributed by atoms with Gasteiger partial charge in [0.25, 0.3) is 0 Å². The van der Waals surface area contributed by atoms with E-state index in [2.05, 4.69) is 0 Å². The van der Waals surface area contributed by atoms with E-state index in [-0.39, 0.29) is 0 Å². The maximum absolute atomic E-state index is 9.84. The summed E-state index contributed by atoms with van der Waals surface area (Å²) in [7, 11) is 0. The summed E-state index contributed by atoms with van der Waals surface area (Å²) in [6.45, 7) is -1.33. The van der Waals surface area contributed by atoms with Gasteiger partial charge in [-0.05, 0) is 0 Å². The van der Waals surface area contributed by atoms with Crippen LogP contribution in [0.5, 0.6) is 0 Å². The van der Waals surface area contributed by atoms with Crippen LogP contribution in [0.2, 0.25) is 0 Å². The zero-order valence-corrected chi connectivity index (χ0v) is 12.0. The molecule has 0 radical (unpaired) electrons. The normalized spacial score (nSPS) is 51.7. The number of hydrogen-bond donors (Lipinski definition) is 8. The summed E-state index contributed by atoms with van der Waals surface area (Å²) in [6.07, 6.45) is -15.6. The molecule has 0 aliphatic carbocycles. The molecule has 0 saturated carbocycles. The third-order valence-corrected chi connectivity index (χ3v) is 3.97. The molecule has 0 aromatic carbocycles. The zero-order valence-electron chi connectivity index (χ0n) is 12.0. The molecular weight excluding hydrogens is 320 g/mol. The van der Waals surface area contributed by atoms with Gasteiger partial charge in [0.05, 0.1) is 13.2 Å². The van der Waals surface area contributed by atoms with Crippen LogP contribution in [-0.2, 0) is 14.2 Å². The molecule has 0 aromatic heterocycles. The smallest absolute Gasteiger partial charge is 0.189 e. The van der Waals surface area contributed by atoms with Gasteiger partial charge in [0.2, 0.25) is 0 Å². The van der Waals surface area contributed by atoms with Gasteiger partial charge in [-0.1, -0.05) is 0 Å². The Morgan fingerprint density at radius 2 is 0.913 bits per heavy atom. The van der Waals surface area contributed by atoms with Gasteiger partial charge in [-0.15, -0.1) is 0 Å². The number of rotatable bonds is 4. The van der Waals surface area contributed by atoms with E-state index in [1.165, 1.54) is 0 Å². The van der Waals surface area contributed by atoms with Gasteiger partial charge in [-0.3, -0.25) is 0 Å². The molecular formula is C12H22O11. The van der Waals surface area contributed by atoms with Crippen LogP contribution < -0.4 is 0 Å². The zero-order chi connectivity index (χ0) is 17.3. The maximum atomic E-state index is 9.84. The summed E-state index contributed by atoms with van der Waals surface area (Å²) in [5, 5.41) is 76.4. The Labute approximate surface area is 130 Å². The van der Waals surface area contributed by atoms with E-state index >= 15 is 0 Å². The van der Waals surface area contributed by atoms with Crippen LogP contribution in [0.1, 0.15) is 0 Å². The van der Waals surface area contributed by atoms with Gasteiger partial charge in [0.15, 0.2) is 12.6 Å². The Hall–Kier alpha value is -0.440. The van der Waals surface area contributed by atoms with Crippen molar-refractivity contribution >= 4 is 0 Å². The van der Waals surface area contributed by atoms with Crippen LogP contribution in [-0.4, -0.2) is 115 Å². The lowest BCUT2D eigenvalue weighted by atomic mass is 9.98. The SMILES string of the molecule is OC[C@@H]1O[C@H](O[C@@H]2O[C@H](CO)[C@@H](O)[C@@H](O)[C@H]2O)[C@H](O)[C@@H](O)[C@H]1O. The van der Waals surface area contributed by atoms with Gasteiger partial charge in [-0.25, -0.2) is 0 Å². The van der Waals surface area contributed by atoms with Crippen molar-refractivity contribution < 1.29 is 55.1 Å². The predicted molar refractivity (Wildman–Crippen MR) is 68.6 cm³/mol. The minimum absolute atomic E-state index is 0.667. The lowest BCUT2D eigenvalue weighted by Crippen LogP contribution is -2.63. The van der Waals surface area contributed by atoms with Crippen molar-refractivity contribution in [3.8, 4) is 0 Å². The molecule has 0 aromatic rings. The first kappa shape index (κ1) is 18.9. The highest BCUT2D eigenvalue weighted by molar-refractivity contribution is 4.92. The monoisotopic (exact) mass is 342 g/mol. The number of aliphatic hydroxyl groups is 8. The van der Waals surface area contributed by atoms with E-state index in [0.717, 1.165) is 0 Å². The van der Waals surface area contributed by atoms with Crippen molar-refractivity contribution in [1.82, 2.24) is 0 Å². The van der Waals surface area contributed by atoms with Crippen LogP contribution in [0, 0.1) is 0 Å². The molecule has 23 heavy (non-hydrogen) atoms. The van der Waals surface area contributed by atoms with Crippen LogP contribution in [0.15, 0.2) is 0 Å². The molecule has 0 amide bonds. The summed E-state index contributed by atoms with van der Waals surface area (Å²) in [4.78, 5) is 0. The van der Waals surface area contributed by atoms with Crippen molar-refractivity contribution in [2.24, 2.45) is 0 Å². The molecule has 2 rings (SSSR count). The first-order valence-corrected chi connectivity index (χ1v) is 7.08. The van der Waals surface area contributed by atoms with Gasteiger partial charge >= 0.3 is 0 Å². The maximum Gasteiger partial charge on any atom is 0.189 e. The molecule has 2 saturated heterocycles. The van der Waals surface area contributed by atoms with Gasteiger partial charge in [0.1, 0.15) is 48.8 Å². The van der Waals surface area contributed by atoms with Crippen molar-refractivity contribution in [2.75, 3.05) is 13.2 Å². The van der Waals surface area contributed by atoms with Crippen molar-refractivity contribution in [1.29, 1.82) is 0 Å². The highest BCUT2D eigenvalue weighted by atomic mass is 16.8. The Morgan fingerprint density at radius 3 is 1.22 bits per heavy atom. The molecule has 11 heteroatoms. The summed E-state index contributed by atoms with van der Waals surface area (Å²) in [5.41, 5.74) is 0. The van der Waals surface area contributed by atoms with Crippen LogP contribution in [0.25, 0.3) is 0 Å². The second kappa shape index (κ2) is 7.63.